The molecule has 1 unspecified atom stereocenters. The topological polar surface area (TPSA) is 46.5 Å². The lowest BCUT2D eigenvalue weighted by molar-refractivity contribution is -0.156. The number of ether oxygens (including phenoxy) is 1. The van der Waals surface area contributed by atoms with Crippen molar-refractivity contribution in [2.45, 2.75) is 71.5 Å². The fourth-order valence-corrected chi connectivity index (χ4v) is 2.49. The fraction of sp³-hybridized carbons (Fsp3) is 0.929. The van der Waals surface area contributed by atoms with E-state index in [0.717, 1.165) is 25.7 Å². The van der Waals surface area contributed by atoms with Gasteiger partial charge in [-0.1, -0.05) is 0 Å². The summed E-state index contributed by atoms with van der Waals surface area (Å²) in [5.74, 6) is 0.780. The Morgan fingerprint density at radius 1 is 1.29 bits per heavy atom. The molecule has 17 heavy (non-hydrogen) atoms. The molecule has 1 aliphatic rings. The van der Waals surface area contributed by atoms with E-state index in [-0.39, 0.29) is 17.7 Å². The molecule has 3 heteroatoms. The van der Waals surface area contributed by atoms with E-state index in [1.165, 1.54) is 0 Å². The van der Waals surface area contributed by atoms with Gasteiger partial charge in [0.05, 0.1) is 6.10 Å². The van der Waals surface area contributed by atoms with Crippen LogP contribution >= 0.6 is 0 Å². The van der Waals surface area contributed by atoms with Gasteiger partial charge in [0.25, 0.3) is 0 Å². The number of hydrogen-bond acceptors (Lipinski definition) is 3. The minimum absolute atomic E-state index is 0.0852. The second-order valence-electron chi connectivity index (χ2n) is 6.31. The molecule has 0 aromatic rings. The van der Waals surface area contributed by atoms with Gasteiger partial charge in [-0.25, -0.2) is 0 Å². The summed E-state index contributed by atoms with van der Waals surface area (Å²) < 4.78 is 5.33. The van der Waals surface area contributed by atoms with E-state index in [4.69, 9.17) is 4.74 Å². The van der Waals surface area contributed by atoms with Crippen molar-refractivity contribution in [3.8, 4) is 0 Å². The lowest BCUT2D eigenvalue weighted by Crippen LogP contribution is -2.28. The fourth-order valence-electron chi connectivity index (χ4n) is 2.49. The highest BCUT2D eigenvalue weighted by Crippen LogP contribution is 2.33. The van der Waals surface area contributed by atoms with Crippen LogP contribution in [0.2, 0.25) is 0 Å². The SMILES string of the molecule is CC(O)C1CCC(CC(=O)OC(C)(C)C)CC1. The van der Waals surface area contributed by atoms with Gasteiger partial charge >= 0.3 is 5.97 Å². The summed E-state index contributed by atoms with van der Waals surface area (Å²) in [4.78, 5) is 11.7. The molecule has 1 atom stereocenters. The lowest BCUT2D eigenvalue weighted by Gasteiger charge is -2.30. The van der Waals surface area contributed by atoms with Crippen molar-refractivity contribution >= 4 is 5.97 Å². The largest absolute Gasteiger partial charge is 0.460 e. The molecule has 1 aliphatic carbocycles. The quantitative estimate of drug-likeness (QED) is 0.774. The van der Waals surface area contributed by atoms with Crippen LogP contribution in [0, 0.1) is 11.8 Å². The summed E-state index contributed by atoms with van der Waals surface area (Å²) in [5.41, 5.74) is -0.381. The van der Waals surface area contributed by atoms with Crippen LogP contribution in [0.1, 0.15) is 59.8 Å². The number of aliphatic hydroxyl groups excluding tert-OH is 1. The molecule has 3 nitrogen and oxygen atoms in total. The Bertz CT molecular complexity index is 245. The Labute approximate surface area is 105 Å². The van der Waals surface area contributed by atoms with E-state index < -0.39 is 0 Å². The predicted molar refractivity (Wildman–Crippen MR) is 67.6 cm³/mol. The van der Waals surface area contributed by atoms with E-state index >= 15 is 0 Å². The zero-order valence-electron chi connectivity index (χ0n) is 11.5. The van der Waals surface area contributed by atoms with Crippen molar-refractivity contribution < 1.29 is 14.6 Å². The van der Waals surface area contributed by atoms with E-state index in [0.29, 0.717) is 18.3 Å². The van der Waals surface area contributed by atoms with Crippen molar-refractivity contribution in [2.75, 3.05) is 0 Å². The van der Waals surface area contributed by atoms with Gasteiger partial charge in [-0.2, -0.15) is 0 Å². The molecule has 100 valence electrons. The normalized spacial score (nSPS) is 27.6. The molecule has 0 spiro atoms. The molecule has 1 fully saturated rings. The summed E-state index contributed by atoms with van der Waals surface area (Å²) in [5, 5.41) is 9.51. The molecule has 1 rings (SSSR count). The summed E-state index contributed by atoms with van der Waals surface area (Å²) in [7, 11) is 0. The van der Waals surface area contributed by atoms with Gasteiger partial charge in [-0.15, -0.1) is 0 Å². The van der Waals surface area contributed by atoms with Gasteiger partial charge in [0.15, 0.2) is 0 Å². The van der Waals surface area contributed by atoms with Crippen LogP contribution in [0.3, 0.4) is 0 Å². The average Bonchev–Trinajstić information content (AvgIpc) is 2.15. The van der Waals surface area contributed by atoms with Crippen LogP contribution < -0.4 is 0 Å². The van der Waals surface area contributed by atoms with E-state index in [2.05, 4.69) is 0 Å². The average molecular weight is 242 g/mol. The Balaban J connectivity index is 2.29. The second kappa shape index (κ2) is 5.85. The summed E-state index contributed by atoms with van der Waals surface area (Å²) >= 11 is 0. The first-order valence-electron chi connectivity index (χ1n) is 6.68. The minimum atomic E-state index is -0.381. The van der Waals surface area contributed by atoms with Crippen molar-refractivity contribution in [1.82, 2.24) is 0 Å². The standard InChI is InChI=1S/C14H26O3/c1-10(15)12-7-5-11(6-8-12)9-13(16)17-14(2,3)4/h10-12,15H,5-9H2,1-4H3. The first-order valence-corrected chi connectivity index (χ1v) is 6.68. The second-order valence-corrected chi connectivity index (χ2v) is 6.31. The molecule has 0 heterocycles. The van der Waals surface area contributed by atoms with Crippen molar-refractivity contribution in [3.05, 3.63) is 0 Å². The van der Waals surface area contributed by atoms with Crippen LogP contribution in [-0.4, -0.2) is 22.8 Å². The molecule has 1 saturated carbocycles. The maximum atomic E-state index is 11.7. The van der Waals surface area contributed by atoms with Gasteiger partial charge in [0, 0.05) is 6.42 Å². The van der Waals surface area contributed by atoms with Crippen molar-refractivity contribution in [3.63, 3.8) is 0 Å². The molecule has 0 aromatic heterocycles. The van der Waals surface area contributed by atoms with Gasteiger partial charge in [-0.05, 0) is 65.2 Å². The number of carbonyl (C=O) groups is 1. The third-order valence-corrected chi connectivity index (χ3v) is 3.45. The summed E-state index contributed by atoms with van der Waals surface area (Å²) in [6.07, 6.45) is 4.46. The molecule has 1 N–H and O–H groups in total. The maximum absolute atomic E-state index is 11.7. The zero-order chi connectivity index (χ0) is 13.1. The first kappa shape index (κ1) is 14.5. The van der Waals surface area contributed by atoms with Crippen LogP contribution in [0.4, 0.5) is 0 Å². The summed E-state index contributed by atoms with van der Waals surface area (Å²) in [6.45, 7) is 7.55. The third-order valence-electron chi connectivity index (χ3n) is 3.45. The number of esters is 1. The minimum Gasteiger partial charge on any atom is -0.460 e. The highest BCUT2D eigenvalue weighted by Gasteiger charge is 2.27. The van der Waals surface area contributed by atoms with Crippen molar-refractivity contribution in [1.29, 1.82) is 0 Å². The van der Waals surface area contributed by atoms with Gasteiger partial charge in [0.1, 0.15) is 5.60 Å². The smallest absolute Gasteiger partial charge is 0.306 e. The molecular weight excluding hydrogens is 216 g/mol. The molecule has 0 aromatic carbocycles. The number of hydrogen-bond donors (Lipinski definition) is 1. The number of carbonyl (C=O) groups excluding carboxylic acids is 1. The van der Waals surface area contributed by atoms with E-state index in [9.17, 15) is 9.90 Å². The molecule has 0 aliphatic heterocycles. The van der Waals surface area contributed by atoms with Crippen LogP contribution in [0.25, 0.3) is 0 Å². The molecule has 0 bridgehead atoms. The summed E-state index contributed by atoms with van der Waals surface area (Å²) in [6, 6.07) is 0. The van der Waals surface area contributed by atoms with Gasteiger partial charge in [0.2, 0.25) is 0 Å². The van der Waals surface area contributed by atoms with Crippen LogP contribution in [-0.2, 0) is 9.53 Å². The molecule has 0 saturated heterocycles. The molecule has 0 amide bonds. The van der Waals surface area contributed by atoms with E-state index in [1.54, 1.807) is 0 Å². The van der Waals surface area contributed by atoms with E-state index in [1.807, 2.05) is 27.7 Å². The first-order chi connectivity index (χ1) is 7.78. The predicted octanol–water partition coefficient (Wildman–Crippen LogP) is 2.91. The number of rotatable bonds is 3. The highest BCUT2D eigenvalue weighted by molar-refractivity contribution is 5.70. The van der Waals surface area contributed by atoms with Gasteiger partial charge in [-0.3, -0.25) is 4.79 Å². The third kappa shape index (κ3) is 5.53. The molecular formula is C14H26O3. The lowest BCUT2D eigenvalue weighted by atomic mass is 9.78. The maximum Gasteiger partial charge on any atom is 0.306 e. The Morgan fingerprint density at radius 3 is 2.24 bits per heavy atom. The Kier molecular flexibility index (Phi) is 4.99. The Morgan fingerprint density at radius 2 is 1.82 bits per heavy atom. The van der Waals surface area contributed by atoms with Crippen molar-refractivity contribution in [2.24, 2.45) is 11.8 Å². The monoisotopic (exact) mass is 242 g/mol. The zero-order valence-corrected chi connectivity index (χ0v) is 11.5. The Hall–Kier alpha value is -0.570. The van der Waals surface area contributed by atoms with Crippen LogP contribution in [0.5, 0.6) is 0 Å². The van der Waals surface area contributed by atoms with Gasteiger partial charge < -0.3 is 9.84 Å². The van der Waals surface area contributed by atoms with Crippen LogP contribution in [0.15, 0.2) is 0 Å². The highest BCUT2D eigenvalue weighted by atomic mass is 16.6. The molecule has 0 radical (unpaired) electrons. The number of aliphatic hydroxyl groups is 1.